The molecule has 1 aromatic heterocycles. The molecule has 2 aromatic rings. The summed E-state index contributed by atoms with van der Waals surface area (Å²) in [5.41, 5.74) is 0.517. The second kappa shape index (κ2) is 5.36. The maximum Gasteiger partial charge on any atom is 0.270 e. The highest BCUT2D eigenvalue weighted by molar-refractivity contribution is 6.05. The Morgan fingerprint density at radius 1 is 1.32 bits per heavy atom. The molecule has 0 unspecified atom stereocenters. The molecule has 1 saturated heterocycles. The maximum atomic E-state index is 12.3. The standard InChI is InChI=1S/C15H17N3O/c19-15(18-12-5-3-8-16-10-12)14-13-6-2-1-4-11(13)7-9-17-14/h1-2,4,6-7,9,12,16H,3,5,8,10H2,(H,18,19)/t12-/m1/s1. The van der Waals surface area contributed by atoms with Gasteiger partial charge in [0, 0.05) is 24.2 Å². The molecule has 1 aliphatic heterocycles. The molecule has 0 saturated carbocycles. The molecule has 0 bridgehead atoms. The summed E-state index contributed by atoms with van der Waals surface area (Å²) in [7, 11) is 0. The first-order chi connectivity index (χ1) is 9.34. The maximum absolute atomic E-state index is 12.3. The number of nitrogens with one attached hydrogen (secondary N) is 2. The van der Waals surface area contributed by atoms with Crippen LogP contribution in [0.3, 0.4) is 0 Å². The van der Waals surface area contributed by atoms with Crippen LogP contribution >= 0.6 is 0 Å². The van der Waals surface area contributed by atoms with Crippen LogP contribution in [0, 0.1) is 0 Å². The quantitative estimate of drug-likeness (QED) is 0.859. The molecule has 1 fully saturated rings. The normalized spacial score (nSPS) is 19.3. The van der Waals surface area contributed by atoms with Gasteiger partial charge in [0.15, 0.2) is 0 Å². The Kier molecular flexibility index (Phi) is 3.42. The summed E-state index contributed by atoms with van der Waals surface area (Å²) in [5.74, 6) is -0.0782. The first-order valence-electron chi connectivity index (χ1n) is 6.70. The molecule has 0 radical (unpaired) electrons. The molecule has 1 aliphatic rings. The summed E-state index contributed by atoms with van der Waals surface area (Å²) >= 11 is 0. The third-order valence-electron chi connectivity index (χ3n) is 3.52. The SMILES string of the molecule is O=C(N[C@@H]1CCCNC1)c1nccc2ccccc12. The minimum Gasteiger partial charge on any atom is -0.347 e. The number of amides is 1. The van der Waals surface area contributed by atoms with Crippen LogP contribution in [0.2, 0.25) is 0 Å². The number of nitrogens with zero attached hydrogens (tertiary/aromatic N) is 1. The smallest absolute Gasteiger partial charge is 0.270 e. The van der Waals surface area contributed by atoms with Crippen LogP contribution in [0.1, 0.15) is 23.3 Å². The van der Waals surface area contributed by atoms with Crippen molar-refractivity contribution >= 4 is 16.7 Å². The molecule has 19 heavy (non-hydrogen) atoms. The minimum absolute atomic E-state index is 0.0782. The molecule has 2 heterocycles. The van der Waals surface area contributed by atoms with Gasteiger partial charge in [-0.2, -0.15) is 0 Å². The molecule has 1 amide bonds. The zero-order valence-electron chi connectivity index (χ0n) is 10.7. The summed E-state index contributed by atoms with van der Waals surface area (Å²) in [6.45, 7) is 1.88. The van der Waals surface area contributed by atoms with E-state index in [2.05, 4.69) is 15.6 Å². The van der Waals surface area contributed by atoms with Gasteiger partial charge in [-0.1, -0.05) is 24.3 Å². The number of rotatable bonds is 2. The highest BCUT2D eigenvalue weighted by Gasteiger charge is 2.18. The zero-order chi connectivity index (χ0) is 13.1. The van der Waals surface area contributed by atoms with Crippen molar-refractivity contribution < 1.29 is 4.79 Å². The highest BCUT2D eigenvalue weighted by atomic mass is 16.1. The lowest BCUT2D eigenvalue weighted by Gasteiger charge is -2.23. The van der Waals surface area contributed by atoms with Crippen molar-refractivity contribution in [2.24, 2.45) is 0 Å². The van der Waals surface area contributed by atoms with Gasteiger partial charge >= 0.3 is 0 Å². The molecule has 1 atom stereocenters. The summed E-state index contributed by atoms with van der Waals surface area (Å²) in [5, 5.41) is 8.31. The van der Waals surface area contributed by atoms with Gasteiger partial charge in [0.05, 0.1) is 0 Å². The fourth-order valence-corrected chi connectivity index (χ4v) is 2.53. The highest BCUT2D eigenvalue weighted by Crippen LogP contribution is 2.16. The summed E-state index contributed by atoms with van der Waals surface area (Å²) < 4.78 is 0. The van der Waals surface area contributed by atoms with Gasteiger partial charge in [-0.25, -0.2) is 0 Å². The molecule has 98 valence electrons. The van der Waals surface area contributed by atoms with E-state index in [1.165, 1.54) is 0 Å². The number of carbonyl (C=O) groups excluding carboxylic acids is 1. The molecule has 2 N–H and O–H groups in total. The average Bonchev–Trinajstić information content (AvgIpc) is 2.47. The molecule has 0 spiro atoms. The molecule has 4 nitrogen and oxygen atoms in total. The summed E-state index contributed by atoms with van der Waals surface area (Å²) in [6.07, 6.45) is 3.83. The van der Waals surface area contributed by atoms with Crippen molar-refractivity contribution in [2.45, 2.75) is 18.9 Å². The first-order valence-corrected chi connectivity index (χ1v) is 6.70. The van der Waals surface area contributed by atoms with E-state index in [9.17, 15) is 4.79 Å². The molecular weight excluding hydrogens is 238 g/mol. The lowest BCUT2D eigenvalue weighted by molar-refractivity contribution is 0.0927. The molecule has 0 aliphatic carbocycles. The van der Waals surface area contributed by atoms with Crippen LogP contribution in [-0.2, 0) is 0 Å². The van der Waals surface area contributed by atoms with Crippen LogP contribution < -0.4 is 10.6 Å². The number of fused-ring (bicyclic) bond motifs is 1. The van der Waals surface area contributed by atoms with E-state index in [0.29, 0.717) is 5.69 Å². The lowest BCUT2D eigenvalue weighted by atomic mass is 10.1. The van der Waals surface area contributed by atoms with Gasteiger partial charge in [0.25, 0.3) is 5.91 Å². The third-order valence-corrected chi connectivity index (χ3v) is 3.52. The number of carbonyl (C=O) groups is 1. The number of hydrogen-bond donors (Lipinski definition) is 2. The van der Waals surface area contributed by atoms with Crippen molar-refractivity contribution in [3.63, 3.8) is 0 Å². The van der Waals surface area contributed by atoms with E-state index in [1.807, 2.05) is 30.3 Å². The van der Waals surface area contributed by atoms with Crippen LogP contribution in [0.15, 0.2) is 36.5 Å². The topological polar surface area (TPSA) is 54.0 Å². The van der Waals surface area contributed by atoms with Gasteiger partial charge in [-0.3, -0.25) is 9.78 Å². The lowest BCUT2D eigenvalue weighted by Crippen LogP contribution is -2.45. The van der Waals surface area contributed by atoms with Gasteiger partial charge < -0.3 is 10.6 Å². The zero-order valence-corrected chi connectivity index (χ0v) is 10.7. The second-order valence-corrected chi connectivity index (χ2v) is 4.90. The second-order valence-electron chi connectivity index (χ2n) is 4.90. The Labute approximate surface area is 112 Å². The van der Waals surface area contributed by atoms with E-state index in [1.54, 1.807) is 6.20 Å². The first kappa shape index (κ1) is 12.1. The van der Waals surface area contributed by atoms with Crippen molar-refractivity contribution in [3.05, 3.63) is 42.2 Å². The Morgan fingerprint density at radius 2 is 2.21 bits per heavy atom. The van der Waals surface area contributed by atoms with E-state index < -0.39 is 0 Å². The van der Waals surface area contributed by atoms with E-state index >= 15 is 0 Å². The van der Waals surface area contributed by atoms with Gasteiger partial charge in [-0.05, 0) is 30.8 Å². The molecular formula is C15H17N3O. The van der Waals surface area contributed by atoms with Crippen LogP contribution in [0.5, 0.6) is 0 Å². The predicted octanol–water partition coefficient (Wildman–Crippen LogP) is 1.72. The Bertz CT molecular complexity index is 585. The minimum atomic E-state index is -0.0782. The third kappa shape index (κ3) is 2.58. The average molecular weight is 255 g/mol. The van der Waals surface area contributed by atoms with Crippen LogP contribution in [-0.4, -0.2) is 30.0 Å². The van der Waals surface area contributed by atoms with Crippen molar-refractivity contribution in [3.8, 4) is 0 Å². The predicted molar refractivity (Wildman–Crippen MR) is 75.1 cm³/mol. The van der Waals surface area contributed by atoms with E-state index in [4.69, 9.17) is 0 Å². The number of benzene rings is 1. The fourth-order valence-electron chi connectivity index (χ4n) is 2.53. The van der Waals surface area contributed by atoms with Gasteiger partial charge in [0.2, 0.25) is 0 Å². The monoisotopic (exact) mass is 255 g/mol. The Morgan fingerprint density at radius 3 is 3.05 bits per heavy atom. The van der Waals surface area contributed by atoms with Gasteiger partial charge in [-0.15, -0.1) is 0 Å². The summed E-state index contributed by atoms with van der Waals surface area (Å²) in [6, 6.07) is 9.97. The van der Waals surface area contributed by atoms with Crippen molar-refractivity contribution in [1.29, 1.82) is 0 Å². The number of piperidine rings is 1. The van der Waals surface area contributed by atoms with Crippen molar-refractivity contribution in [1.82, 2.24) is 15.6 Å². The number of pyridine rings is 1. The van der Waals surface area contributed by atoms with Gasteiger partial charge in [0.1, 0.15) is 5.69 Å². The van der Waals surface area contributed by atoms with E-state index in [0.717, 1.165) is 36.7 Å². The number of aromatic nitrogens is 1. The Hall–Kier alpha value is -1.94. The Balaban J connectivity index is 1.85. The molecule has 1 aromatic carbocycles. The van der Waals surface area contributed by atoms with Crippen LogP contribution in [0.25, 0.3) is 10.8 Å². The molecule has 3 rings (SSSR count). The fraction of sp³-hybridized carbons (Fsp3) is 0.333. The van der Waals surface area contributed by atoms with Crippen LogP contribution in [0.4, 0.5) is 0 Å². The number of hydrogen-bond acceptors (Lipinski definition) is 3. The largest absolute Gasteiger partial charge is 0.347 e. The molecule has 4 heteroatoms. The van der Waals surface area contributed by atoms with Crippen molar-refractivity contribution in [2.75, 3.05) is 13.1 Å². The summed E-state index contributed by atoms with van der Waals surface area (Å²) in [4.78, 5) is 16.6. The van der Waals surface area contributed by atoms with E-state index in [-0.39, 0.29) is 11.9 Å².